The Hall–Kier alpha value is -1.19. The summed E-state index contributed by atoms with van der Waals surface area (Å²) in [6, 6.07) is 14.4. The predicted octanol–water partition coefficient (Wildman–Crippen LogP) is 3.31. The number of rotatable bonds is 3. The Balaban J connectivity index is 1.67. The Bertz CT molecular complexity index is 541. The van der Waals surface area contributed by atoms with Crippen LogP contribution in [0.5, 0.6) is 5.75 Å². The van der Waals surface area contributed by atoms with Crippen molar-refractivity contribution >= 4 is 23.4 Å². The second kappa shape index (κ2) is 5.21. The monoisotopic (exact) mass is 260 g/mol. The molecule has 1 fully saturated rings. The lowest BCUT2D eigenvalue weighted by Crippen LogP contribution is -2.16. The molecule has 0 spiro atoms. The zero-order valence-corrected chi connectivity index (χ0v) is 11.0. The van der Waals surface area contributed by atoms with E-state index in [1.165, 1.54) is 10.8 Å². The molecular formula is C15H16O2S. The van der Waals surface area contributed by atoms with Crippen LogP contribution in [-0.4, -0.2) is 24.6 Å². The summed E-state index contributed by atoms with van der Waals surface area (Å²) < 4.78 is 11.4. The fourth-order valence-corrected chi connectivity index (χ4v) is 2.57. The number of ether oxygens (including phenoxy) is 2. The van der Waals surface area contributed by atoms with E-state index in [0.29, 0.717) is 11.9 Å². The molecule has 94 valence electrons. The molecule has 0 radical (unpaired) electrons. The minimum absolute atomic E-state index is 0.180. The summed E-state index contributed by atoms with van der Waals surface area (Å²) in [5.41, 5.74) is 0. The Morgan fingerprint density at radius 2 is 2.00 bits per heavy atom. The zero-order chi connectivity index (χ0) is 12.4. The van der Waals surface area contributed by atoms with Crippen molar-refractivity contribution in [2.24, 2.45) is 0 Å². The molecular weight excluding hydrogens is 244 g/mol. The van der Waals surface area contributed by atoms with Crippen LogP contribution in [0.2, 0.25) is 0 Å². The Labute approximate surface area is 112 Å². The van der Waals surface area contributed by atoms with Gasteiger partial charge in [-0.3, -0.25) is 0 Å². The molecule has 3 rings (SSSR count). The summed E-state index contributed by atoms with van der Waals surface area (Å²) in [5, 5.41) is 2.79. The summed E-state index contributed by atoms with van der Waals surface area (Å²) in [7, 11) is 0. The lowest BCUT2D eigenvalue weighted by Gasteiger charge is -2.11. The van der Waals surface area contributed by atoms with Gasteiger partial charge < -0.3 is 9.47 Å². The maximum atomic E-state index is 5.79. The van der Waals surface area contributed by atoms with Gasteiger partial charge in [0, 0.05) is 5.25 Å². The van der Waals surface area contributed by atoms with Gasteiger partial charge in [0.1, 0.15) is 12.4 Å². The molecule has 0 aliphatic carbocycles. The summed E-state index contributed by atoms with van der Waals surface area (Å²) in [6.07, 6.45) is 1.15. The van der Waals surface area contributed by atoms with Gasteiger partial charge in [-0.05, 0) is 29.3 Å². The van der Waals surface area contributed by atoms with E-state index in [1.807, 2.05) is 18.2 Å². The maximum Gasteiger partial charge on any atom is 0.120 e. The molecule has 3 heteroatoms. The van der Waals surface area contributed by atoms with Crippen molar-refractivity contribution in [3.63, 3.8) is 0 Å². The van der Waals surface area contributed by atoms with E-state index in [0.717, 1.165) is 18.8 Å². The molecule has 2 nitrogen and oxygen atoms in total. The van der Waals surface area contributed by atoms with Crippen molar-refractivity contribution in [3.8, 4) is 5.75 Å². The number of thiol groups is 1. The van der Waals surface area contributed by atoms with Crippen molar-refractivity contribution in [2.45, 2.75) is 17.8 Å². The molecule has 1 saturated heterocycles. The lowest BCUT2D eigenvalue weighted by molar-refractivity contribution is 0.0682. The largest absolute Gasteiger partial charge is 0.491 e. The molecule has 0 N–H and O–H groups in total. The van der Waals surface area contributed by atoms with E-state index in [2.05, 4.69) is 36.9 Å². The highest BCUT2D eigenvalue weighted by atomic mass is 32.1. The summed E-state index contributed by atoms with van der Waals surface area (Å²) >= 11 is 4.40. The van der Waals surface area contributed by atoms with Crippen LogP contribution in [0.15, 0.2) is 42.5 Å². The highest BCUT2D eigenvalue weighted by Gasteiger charge is 2.23. The van der Waals surface area contributed by atoms with Crippen LogP contribution in [0.25, 0.3) is 10.8 Å². The SMILES string of the molecule is S[C@@H]1CO[C@@H](COc2ccc3ccccc3c2)C1. The fourth-order valence-electron chi connectivity index (χ4n) is 2.25. The lowest BCUT2D eigenvalue weighted by atomic mass is 10.1. The number of hydrogen-bond acceptors (Lipinski definition) is 3. The van der Waals surface area contributed by atoms with Crippen LogP contribution < -0.4 is 4.74 Å². The topological polar surface area (TPSA) is 18.5 Å². The van der Waals surface area contributed by atoms with E-state index in [9.17, 15) is 0 Å². The quantitative estimate of drug-likeness (QED) is 0.854. The molecule has 0 aromatic heterocycles. The van der Waals surface area contributed by atoms with Gasteiger partial charge in [-0.15, -0.1) is 0 Å². The molecule has 0 saturated carbocycles. The standard InChI is InChI=1S/C15H16O2S/c18-15-8-14(17-10-15)9-16-13-6-5-11-3-1-2-4-12(11)7-13/h1-7,14-15,18H,8-10H2/t14-,15+/m1/s1. The smallest absolute Gasteiger partial charge is 0.120 e. The first-order valence-corrected chi connectivity index (χ1v) is 6.74. The molecule has 0 bridgehead atoms. The van der Waals surface area contributed by atoms with Gasteiger partial charge in [-0.25, -0.2) is 0 Å². The predicted molar refractivity (Wildman–Crippen MR) is 76.6 cm³/mol. The average Bonchev–Trinajstić information content (AvgIpc) is 2.82. The van der Waals surface area contributed by atoms with Crippen LogP contribution >= 0.6 is 12.6 Å². The molecule has 1 aliphatic rings. The van der Waals surface area contributed by atoms with E-state index >= 15 is 0 Å². The number of fused-ring (bicyclic) bond motifs is 1. The summed E-state index contributed by atoms with van der Waals surface area (Å²) in [6.45, 7) is 1.34. The van der Waals surface area contributed by atoms with Crippen LogP contribution in [0, 0.1) is 0 Å². The first-order chi connectivity index (χ1) is 8.81. The molecule has 2 aromatic rings. The van der Waals surface area contributed by atoms with Gasteiger partial charge in [0.05, 0.1) is 12.7 Å². The van der Waals surface area contributed by atoms with E-state index in [1.54, 1.807) is 0 Å². The third-order valence-electron chi connectivity index (χ3n) is 3.22. The average molecular weight is 260 g/mol. The van der Waals surface area contributed by atoms with Gasteiger partial charge in [-0.2, -0.15) is 12.6 Å². The molecule has 0 amide bonds. The normalized spacial score (nSPS) is 23.4. The van der Waals surface area contributed by atoms with Crippen LogP contribution in [0.4, 0.5) is 0 Å². The first kappa shape index (κ1) is 11.9. The summed E-state index contributed by atoms with van der Waals surface area (Å²) in [5.74, 6) is 0.903. The van der Waals surface area contributed by atoms with Crippen LogP contribution in [0.1, 0.15) is 6.42 Å². The van der Waals surface area contributed by atoms with Gasteiger partial charge in [-0.1, -0.05) is 30.3 Å². The minimum Gasteiger partial charge on any atom is -0.491 e. The molecule has 1 heterocycles. The van der Waals surface area contributed by atoms with Crippen molar-refractivity contribution < 1.29 is 9.47 Å². The minimum atomic E-state index is 0.180. The van der Waals surface area contributed by atoms with E-state index in [-0.39, 0.29) is 6.10 Å². The highest BCUT2D eigenvalue weighted by Crippen LogP contribution is 2.22. The molecule has 18 heavy (non-hydrogen) atoms. The third kappa shape index (κ3) is 2.62. The zero-order valence-electron chi connectivity index (χ0n) is 10.1. The van der Waals surface area contributed by atoms with Crippen molar-refractivity contribution in [1.82, 2.24) is 0 Å². The number of benzene rings is 2. The second-order valence-electron chi connectivity index (χ2n) is 4.66. The van der Waals surface area contributed by atoms with Crippen molar-refractivity contribution in [1.29, 1.82) is 0 Å². The Kier molecular flexibility index (Phi) is 3.43. The van der Waals surface area contributed by atoms with Crippen LogP contribution in [0.3, 0.4) is 0 Å². The van der Waals surface area contributed by atoms with Gasteiger partial charge >= 0.3 is 0 Å². The second-order valence-corrected chi connectivity index (χ2v) is 5.40. The van der Waals surface area contributed by atoms with Gasteiger partial charge in [0.15, 0.2) is 0 Å². The Morgan fingerprint density at radius 3 is 2.78 bits per heavy atom. The molecule has 0 unspecified atom stereocenters. The summed E-state index contributed by atoms with van der Waals surface area (Å²) in [4.78, 5) is 0. The fraction of sp³-hybridized carbons (Fsp3) is 0.333. The molecule has 2 aromatic carbocycles. The van der Waals surface area contributed by atoms with Gasteiger partial charge in [0.2, 0.25) is 0 Å². The maximum absolute atomic E-state index is 5.79. The Morgan fingerprint density at radius 1 is 1.17 bits per heavy atom. The van der Waals surface area contributed by atoms with E-state index < -0.39 is 0 Å². The van der Waals surface area contributed by atoms with Gasteiger partial charge in [0.25, 0.3) is 0 Å². The van der Waals surface area contributed by atoms with Crippen molar-refractivity contribution in [2.75, 3.05) is 13.2 Å². The molecule has 1 aliphatic heterocycles. The third-order valence-corrected chi connectivity index (χ3v) is 3.58. The first-order valence-electron chi connectivity index (χ1n) is 6.22. The van der Waals surface area contributed by atoms with E-state index in [4.69, 9.17) is 9.47 Å². The van der Waals surface area contributed by atoms with Crippen LogP contribution in [-0.2, 0) is 4.74 Å². The van der Waals surface area contributed by atoms with Crippen molar-refractivity contribution in [3.05, 3.63) is 42.5 Å². The highest BCUT2D eigenvalue weighted by molar-refractivity contribution is 7.81. The number of hydrogen-bond donors (Lipinski definition) is 1. The molecule has 2 atom stereocenters.